The predicted molar refractivity (Wildman–Crippen MR) is 103 cm³/mol. The summed E-state index contributed by atoms with van der Waals surface area (Å²) < 4.78 is 22.8. The van der Waals surface area contributed by atoms with Crippen molar-refractivity contribution < 1.29 is 8.81 Å². The Labute approximate surface area is 162 Å². The number of halogens is 2. The molecular formula is C20H12BrFN4O. The molecule has 0 amide bonds. The Morgan fingerprint density at radius 3 is 2.81 bits per heavy atom. The maximum Gasteiger partial charge on any atom is 0.181 e. The van der Waals surface area contributed by atoms with E-state index in [1.165, 1.54) is 12.5 Å². The topological polar surface area (TPSA) is 56.2 Å². The van der Waals surface area contributed by atoms with Crippen molar-refractivity contribution in [2.45, 2.75) is 6.54 Å². The van der Waals surface area contributed by atoms with E-state index in [1.807, 2.05) is 28.8 Å². The molecule has 2 aromatic carbocycles. The lowest BCUT2D eigenvalue weighted by Gasteiger charge is -2.12. The third-order valence-corrected chi connectivity index (χ3v) is 5.01. The summed E-state index contributed by atoms with van der Waals surface area (Å²) in [6, 6.07) is 12.5. The maximum atomic E-state index is 14.5. The van der Waals surface area contributed by atoms with Gasteiger partial charge in [0.25, 0.3) is 0 Å². The summed E-state index contributed by atoms with van der Waals surface area (Å²) in [6.45, 7) is 0.339. The average Bonchev–Trinajstić information content (AvgIpc) is 3.30. The molecule has 5 nitrogen and oxygen atoms in total. The molecule has 4 aromatic rings. The van der Waals surface area contributed by atoms with Crippen LogP contribution in [-0.2, 0) is 6.54 Å². The lowest BCUT2D eigenvalue weighted by molar-refractivity contribution is 0.569. The minimum Gasteiger partial charge on any atom is -0.442 e. The molecule has 0 radical (unpaired) electrons. The second-order valence-corrected chi connectivity index (χ2v) is 7.00. The van der Waals surface area contributed by atoms with E-state index in [-0.39, 0.29) is 5.82 Å². The molecule has 7 heteroatoms. The molecule has 0 aliphatic carbocycles. The minimum atomic E-state index is -0.303. The number of imidazole rings is 1. The Balaban J connectivity index is 1.77. The number of benzene rings is 2. The average molecular weight is 423 g/mol. The van der Waals surface area contributed by atoms with Crippen LogP contribution in [0.15, 0.2) is 75.3 Å². The Bertz CT molecular complexity index is 1180. The highest BCUT2D eigenvalue weighted by Gasteiger charge is 2.24. The van der Waals surface area contributed by atoms with Crippen LogP contribution in [0.25, 0.3) is 17.1 Å². The maximum absolute atomic E-state index is 14.5. The van der Waals surface area contributed by atoms with Crippen LogP contribution in [-0.4, -0.2) is 20.2 Å². The number of hydrogen-bond donors (Lipinski definition) is 0. The van der Waals surface area contributed by atoms with Gasteiger partial charge in [-0.1, -0.05) is 28.1 Å². The smallest absolute Gasteiger partial charge is 0.181 e. The third kappa shape index (κ3) is 2.62. The van der Waals surface area contributed by atoms with Crippen molar-refractivity contribution in [1.82, 2.24) is 14.5 Å². The van der Waals surface area contributed by atoms with Gasteiger partial charge in [-0.25, -0.2) is 14.4 Å². The fraction of sp³-hybridized carbons (Fsp3) is 0.0500. The molecule has 0 fully saturated rings. The number of aliphatic imine (C=N–C) groups is 1. The molecule has 0 N–H and O–H groups in total. The second kappa shape index (κ2) is 6.28. The third-order valence-electron chi connectivity index (χ3n) is 4.52. The molecule has 5 rings (SSSR count). The van der Waals surface area contributed by atoms with E-state index >= 15 is 0 Å². The molecule has 0 bridgehead atoms. The molecule has 3 heterocycles. The first kappa shape index (κ1) is 16.1. The van der Waals surface area contributed by atoms with Gasteiger partial charge in [-0.3, -0.25) is 9.56 Å². The predicted octanol–water partition coefficient (Wildman–Crippen LogP) is 4.78. The standard InChI is InChI=1S/C20H12BrFN4O/c21-12-5-6-16-14(7-12)19(13-3-1-2-4-15(13)22)24-8-17-20(25-10-26(16)17)18-9-23-11-27-18/h1-7,9-11H,8H2. The van der Waals surface area contributed by atoms with Crippen molar-refractivity contribution in [1.29, 1.82) is 0 Å². The van der Waals surface area contributed by atoms with Gasteiger partial charge in [-0.2, -0.15) is 0 Å². The van der Waals surface area contributed by atoms with Gasteiger partial charge in [0, 0.05) is 15.6 Å². The number of fused-ring (bicyclic) bond motifs is 3. The zero-order valence-electron chi connectivity index (χ0n) is 13.9. The highest BCUT2D eigenvalue weighted by atomic mass is 79.9. The van der Waals surface area contributed by atoms with Gasteiger partial charge >= 0.3 is 0 Å². The van der Waals surface area contributed by atoms with Gasteiger partial charge in [0.05, 0.1) is 29.8 Å². The van der Waals surface area contributed by atoms with Crippen molar-refractivity contribution >= 4 is 21.6 Å². The van der Waals surface area contributed by atoms with Gasteiger partial charge in [0.1, 0.15) is 17.8 Å². The van der Waals surface area contributed by atoms with Gasteiger partial charge in [-0.15, -0.1) is 0 Å². The minimum absolute atomic E-state index is 0.303. The normalized spacial score (nSPS) is 12.9. The summed E-state index contributed by atoms with van der Waals surface area (Å²) in [5.74, 6) is 0.272. The molecule has 0 spiro atoms. The Hall–Kier alpha value is -3.06. The van der Waals surface area contributed by atoms with Crippen molar-refractivity contribution in [3.8, 4) is 17.1 Å². The van der Waals surface area contributed by atoms with Gasteiger partial charge in [0.2, 0.25) is 0 Å². The van der Waals surface area contributed by atoms with Crippen LogP contribution in [0, 0.1) is 5.82 Å². The summed E-state index contributed by atoms with van der Waals surface area (Å²) in [5.41, 5.74) is 4.33. The van der Waals surface area contributed by atoms with Crippen LogP contribution in [0.5, 0.6) is 0 Å². The summed E-state index contributed by atoms with van der Waals surface area (Å²) >= 11 is 3.51. The number of rotatable bonds is 2. The summed E-state index contributed by atoms with van der Waals surface area (Å²) in [6.07, 6.45) is 4.73. The van der Waals surface area contributed by atoms with Crippen LogP contribution in [0.1, 0.15) is 16.8 Å². The molecule has 0 atom stereocenters. The Morgan fingerprint density at radius 1 is 1.11 bits per heavy atom. The number of nitrogens with zero attached hydrogens (tertiary/aromatic N) is 4. The summed E-state index contributed by atoms with van der Waals surface area (Å²) in [4.78, 5) is 13.2. The number of oxazole rings is 1. The first-order valence-corrected chi connectivity index (χ1v) is 9.06. The van der Waals surface area contributed by atoms with Gasteiger partial charge in [0.15, 0.2) is 12.2 Å². The SMILES string of the molecule is Fc1ccccc1C1=NCc2c(-c3cnco3)ncn2-c2ccc(Br)cc21. The lowest BCUT2D eigenvalue weighted by atomic mass is 10.00. The second-order valence-electron chi connectivity index (χ2n) is 6.08. The van der Waals surface area contributed by atoms with E-state index in [2.05, 4.69) is 25.9 Å². The van der Waals surface area contributed by atoms with E-state index in [1.54, 1.807) is 24.7 Å². The van der Waals surface area contributed by atoms with Crippen LogP contribution in [0.4, 0.5) is 4.39 Å². The lowest BCUT2D eigenvalue weighted by Crippen LogP contribution is -2.08. The fourth-order valence-corrected chi connectivity index (χ4v) is 3.66. The van der Waals surface area contributed by atoms with E-state index in [0.29, 0.717) is 29.3 Å². The largest absolute Gasteiger partial charge is 0.442 e. The molecular weight excluding hydrogens is 411 g/mol. The van der Waals surface area contributed by atoms with Crippen molar-refractivity contribution in [3.05, 3.63) is 88.5 Å². The summed E-state index contributed by atoms with van der Waals surface area (Å²) in [5, 5.41) is 0. The van der Waals surface area contributed by atoms with E-state index in [4.69, 9.17) is 9.41 Å². The first-order valence-electron chi connectivity index (χ1n) is 8.27. The Kier molecular flexibility index (Phi) is 3.75. The van der Waals surface area contributed by atoms with Crippen LogP contribution in [0.3, 0.4) is 0 Å². The highest BCUT2D eigenvalue weighted by molar-refractivity contribution is 9.10. The van der Waals surface area contributed by atoms with E-state index < -0.39 is 0 Å². The summed E-state index contributed by atoms with van der Waals surface area (Å²) in [7, 11) is 0. The van der Waals surface area contributed by atoms with Crippen molar-refractivity contribution in [2.75, 3.05) is 0 Å². The van der Waals surface area contributed by atoms with Gasteiger partial charge in [-0.05, 0) is 30.3 Å². The fourth-order valence-electron chi connectivity index (χ4n) is 3.30. The zero-order chi connectivity index (χ0) is 18.4. The van der Waals surface area contributed by atoms with E-state index in [9.17, 15) is 4.39 Å². The van der Waals surface area contributed by atoms with Crippen molar-refractivity contribution in [2.24, 2.45) is 4.99 Å². The Morgan fingerprint density at radius 2 is 2.00 bits per heavy atom. The van der Waals surface area contributed by atoms with E-state index in [0.717, 1.165) is 21.4 Å². The van der Waals surface area contributed by atoms with Crippen LogP contribution in [0.2, 0.25) is 0 Å². The van der Waals surface area contributed by atoms with Crippen LogP contribution >= 0.6 is 15.9 Å². The molecule has 1 aliphatic heterocycles. The molecule has 0 unspecified atom stereocenters. The van der Waals surface area contributed by atoms with Crippen LogP contribution < -0.4 is 0 Å². The molecule has 132 valence electrons. The highest BCUT2D eigenvalue weighted by Crippen LogP contribution is 2.32. The molecule has 0 saturated heterocycles. The number of hydrogen-bond acceptors (Lipinski definition) is 4. The van der Waals surface area contributed by atoms with Gasteiger partial charge < -0.3 is 4.42 Å². The molecule has 0 saturated carbocycles. The zero-order valence-corrected chi connectivity index (χ0v) is 15.5. The van der Waals surface area contributed by atoms with Crippen molar-refractivity contribution in [3.63, 3.8) is 0 Å². The molecule has 1 aliphatic rings. The number of aromatic nitrogens is 3. The monoisotopic (exact) mass is 422 g/mol. The molecule has 27 heavy (non-hydrogen) atoms. The first-order chi connectivity index (χ1) is 13.2. The quantitative estimate of drug-likeness (QED) is 0.466. The molecule has 2 aromatic heterocycles.